The summed E-state index contributed by atoms with van der Waals surface area (Å²) in [5, 5.41) is 0.103. The number of benzene rings is 2. The Labute approximate surface area is 218 Å². The highest BCUT2D eigenvalue weighted by atomic mass is 35.5. The molecule has 1 fully saturated rings. The number of hydrogen-bond donors (Lipinski definition) is 0. The van der Waals surface area contributed by atoms with Crippen LogP contribution in [0.5, 0.6) is 5.75 Å². The average Bonchev–Trinajstić information content (AvgIpc) is 3.24. The first kappa shape index (κ1) is 26.6. The van der Waals surface area contributed by atoms with E-state index in [-0.39, 0.29) is 34.9 Å². The molecule has 2 heterocycles. The third kappa shape index (κ3) is 5.93. The van der Waals surface area contributed by atoms with Gasteiger partial charge in [-0.25, -0.2) is 17.8 Å². The van der Waals surface area contributed by atoms with Crippen LogP contribution in [0.4, 0.5) is 4.39 Å². The molecule has 0 N–H and O–H groups in total. The molecule has 2 atom stereocenters. The fourth-order valence-corrected chi connectivity index (χ4v) is 6.56. The fourth-order valence-electron chi connectivity index (χ4n) is 5.31. The monoisotopic (exact) mass is 533 g/mol. The second-order valence-electron chi connectivity index (χ2n) is 9.69. The molecule has 5 rings (SSSR count). The molecule has 1 aliphatic carbocycles. The van der Waals surface area contributed by atoms with Crippen molar-refractivity contribution in [1.29, 1.82) is 0 Å². The Morgan fingerprint density at radius 2 is 2.00 bits per heavy atom. The predicted molar refractivity (Wildman–Crippen MR) is 140 cm³/mol. The van der Waals surface area contributed by atoms with Crippen LogP contribution in [0.25, 0.3) is 0 Å². The van der Waals surface area contributed by atoms with Gasteiger partial charge in [0, 0.05) is 25.2 Å². The number of aryl methyl sites for hydroxylation is 2. The number of imidazole rings is 1. The van der Waals surface area contributed by atoms with Crippen LogP contribution in [0.1, 0.15) is 41.9 Å². The van der Waals surface area contributed by atoms with Gasteiger partial charge in [0.2, 0.25) is 0 Å². The van der Waals surface area contributed by atoms with Gasteiger partial charge in [-0.15, -0.1) is 12.4 Å². The Kier molecular flexibility index (Phi) is 8.37. The summed E-state index contributed by atoms with van der Waals surface area (Å²) in [7, 11) is -1.67. The van der Waals surface area contributed by atoms with Gasteiger partial charge in [-0.05, 0) is 86.1 Å². The summed E-state index contributed by atoms with van der Waals surface area (Å²) >= 11 is 0. The molecule has 0 radical (unpaired) electrons. The van der Waals surface area contributed by atoms with E-state index < -0.39 is 9.84 Å². The van der Waals surface area contributed by atoms with E-state index in [0.29, 0.717) is 19.1 Å². The van der Waals surface area contributed by atoms with Gasteiger partial charge in [0.15, 0.2) is 14.9 Å². The molecule has 9 heteroatoms. The van der Waals surface area contributed by atoms with Crippen LogP contribution >= 0.6 is 12.4 Å². The van der Waals surface area contributed by atoms with Crippen LogP contribution in [0.2, 0.25) is 0 Å². The van der Waals surface area contributed by atoms with Crippen molar-refractivity contribution < 1.29 is 17.5 Å². The third-order valence-electron chi connectivity index (χ3n) is 7.22. The van der Waals surface area contributed by atoms with Crippen LogP contribution in [0.15, 0.2) is 60.0 Å². The van der Waals surface area contributed by atoms with Gasteiger partial charge < -0.3 is 9.30 Å². The first-order valence-electron chi connectivity index (χ1n) is 12.3. The second-order valence-corrected chi connectivity index (χ2v) is 11.8. The topological polar surface area (TPSA) is 64.4 Å². The van der Waals surface area contributed by atoms with Crippen molar-refractivity contribution in [3.8, 4) is 5.75 Å². The third-order valence-corrected chi connectivity index (χ3v) is 8.90. The lowest BCUT2D eigenvalue weighted by molar-refractivity contribution is 0.0876. The van der Waals surface area contributed by atoms with Crippen LogP contribution in [0.3, 0.4) is 0 Å². The van der Waals surface area contributed by atoms with Crippen molar-refractivity contribution in [2.75, 3.05) is 25.4 Å². The molecule has 194 valence electrons. The van der Waals surface area contributed by atoms with Crippen LogP contribution in [0, 0.1) is 5.82 Å². The van der Waals surface area contributed by atoms with E-state index in [0.717, 1.165) is 43.7 Å². The van der Waals surface area contributed by atoms with Crippen molar-refractivity contribution in [3.63, 3.8) is 0 Å². The van der Waals surface area contributed by atoms with Crippen molar-refractivity contribution in [2.24, 2.45) is 7.05 Å². The lowest BCUT2D eigenvalue weighted by Gasteiger charge is -2.45. The van der Waals surface area contributed by atoms with Gasteiger partial charge in [0.05, 0.1) is 18.7 Å². The zero-order valence-corrected chi connectivity index (χ0v) is 22.1. The number of fused-ring (bicyclic) bond motifs is 1. The molecular formula is C27H33ClFN3O3S. The number of nitrogens with zero attached hydrogens (tertiary/aromatic N) is 3. The summed E-state index contributed by atoms with van der Waals surface area (Å²) < 4.78 is 46.5. The lowest BCUT2D eigenvalue weighted by atomic mass is 9.75. The first-order chi connectivity index (χ1) is 16.9. The predicted octanol–water partition coefficient (Wildman–Crippen LogP) is 4.57. The van der Waals surface area contributed by atoms with E-state index in [9.17, 15) is 12.8 Å². The van der Waals surface area contributed by atoms with Crippen LogP contribution < -0.4 is 4.74 Å². The van der Waals surface area contributed by atoms with E-state index in [2.05, 4.69) is 22.0 Å². The Bertz CT molecular complexity index is 1290. The number of rotatable bonds is 9. The van der Waals surface area contributed by atoms with Crippen LogP contribution in [-0.4, -0.2) is 54.4 Å². The van der Waals surface area contributed by atoms with Gasteiger partial charge in [0.1, 0.15) is 11.6 Å². The van der Waals surface area contributed by atoms with E-state index in [1.807, 2.05) is 12.1 Å². The number of sulfone groups is 1. The summed E-state index contributed by atoms with van der Waals surface area (Å²) in [5.74, 6) is 0.826. The Morgan fingerprint density at radius 1 is 1.17 bits per heavy atom. The molecule has 0 spiro atoms. The second kappa shape index (κ2) is 11.3. The van der Waals surface area contributed by atoms with Crippen molar-refractivity contribution in [2.45, 2.75) is 49.1 Å². The molecule has 2 aromatic carbocycles. The molecular weight excluding hydrogens is 501 g/mol. The van der Waals surface area contributed by atoms with E-state index in [4.69, 9.17) is 4.74 Å². The number of hydrogen-bond acceptors (Lipinski definition) is 5. The minimum Gasteiger partial charge on any atom is -0.494 e. The summed E-state index contributed by atoms with van der Waals surface area (Å²) in [4.78, 5) is 6.52. The van der Waals surface area contributed by atoms with Gasteiger partial charge >= 0.3 is 0 Å². The molecule has 2 unspecified atom stereocenters. The highest BCUT2D eigenvalue weighted by Gasteiger charge is 2.36. The Morgan fingerprint density at radius 3 is 2.69 bits per heavy atom. The maximum Gasteiger partial charge on any atom is 0.197 e. The van der Waals surface area contributed by atoms with E-state index >= 15 is 0 Å². The Balaban J connectivity index is 0.00000304. The smallest absolute Gasteiger partial charge is 0.197 e. The lowest BCUT2D eigenvalue weighted by Crippen LogP contribution is -2.49. The molecule has 0 bridgehead atoms. The van der Waals surface area contributed by atoms with E-state index in [1.54, 1.807) is 23.7 Å². The fraction of sp³-hybridized carbons (Fsp3) is 0.444. The molecule has 36 heavy (non-hydrogen) atoms. The molecule has 2 aliphatic rings. The largest absolute Gasteiger partial charge is 0.494 e. The SMILES string of the molecule is Cl.Cn1cnc(S(=O)(=O)CCCOc2ccc3c(c2)C(Cc2cccc(F)c2)C(N2CCC2)CC3)c1. The molecule has 1 saturated heterocycles. The minimum atomic E-state index is -3.42. The summed E-state index contributed by atoms with van der Waals surface area (Å²) in [6, 6.07) is 13.6. The number of likely N-dealkylation sites (tertiary alicyclic amines) is 1. The molecule has 0 amide bonds. The average molecular weight is 534 g/mol. The normalized spacial score (nSPS) is 19.7. The van der Waals surface area contributed by atoms with Crippen LogP contribution in [-0.2, 0) is 29.7 Å². The van der Waals surface area contributed by atoms with Crippen molar-refractivity contribution >= 4 is 22.2 Å². The highest BCUT2D eigenvalue weighted by Crippen LogP contribution is 2.40. The standard InChI is InChI=1S/C27H32FN3O3S.ClH/c1-30-18-27(29-19-30)35(32,33)14-4-13-34-23-9-7-21-8-10-26(31-11-3-12-31)25(24(21)17-23)16-20-5-2-6-22(28)15-20;/h2,5-7,9,15,17-19,25-26H,3-4,8,10-14,16H2,1H3;1H. The number of ether oxygens (including phenoxy) is 1. The number of aromatic nitrogens is 2. The maximum atomic E-state index is 13.9. The van der Waals surface area contributed by atoms with E-state index in [1.165, 1.54) is 36.1 Å². The molecule has 1 aliphatic heterocycles. The summed E-state index contributed by atoms with van der Waals surface area (Å²) in [6.45, 7) is 2.57. The molecule has 1 aromatic heterocycles. The molecule has 3 aromatic rings. The van der Waals surface area contributed by atoms with Crippen molar-refractivity contribution in [1.82, 2.24) is 14.5 Å². The quantitative estimate of drug-likeness (QED) is 0.377. The van der Waals surface area contributed by atoms with Gasteiger partial charge in [-0.3, -0.25) is 4.90 Å². The Hall–Kier alpha value is -2.42. The zero-order valence-electron chi connectivity index (χ0n) is 20.5. The highest BCUT2D eigenvalue weighted by molar-refractivity contribution is 7.91. The first-order valence-corrected chi connectivity index (χ1v) is 14.0. The maximum absolute atomic E-state index is 13.9. The zero-order chi connectivity index (χ0) is 24.4. The number of halogens is 2. The van der Waals surface area contributed by atoms with Gasteiger partial charge in [-0.1, -0.05) is 18.2 Å². The molecule has 6 nitrogen and oxygen atoms in total. The van der Waals surface area contributed by atoms with Crippen molar-refractivity contribution in [3.05, 3.63) is 77.5 Å². The van der Waals surface area contributed by atoms with Gasteiger partial charge in [-0.2, -0.15) is 0 Å². The van der Waals surface area contributed by atoms with Gasteiger partial charge in [0.25, 0.3) is 0 Å². The minimum absolute atomic E-state index is 0. The summed E-state index contributed by atoms with van der Waals surface area (Å²) in [6.07, 6.45) is 7.56. The summed E-state index contributed by atoms with van der Waals surface area (Å²) in [5.41, 5.74) is 3.61. The molecule has 0 saturated carbocycles.